The minimum atomic E-state index is -3.07. The van der Waals surface area contributed by atoms with Crippen molar-refractivity contribution in [2.75, 3.05) is 39.0 Å². The average Bonchev–Trinajstić information content (AvgIpc) is 2.63. The first-order valence-corrected chi connectivity index (χ1v) is 11.9. The van der Waals surface area contributed by atoms with Crippen molar-refractivity contribution in [2.24, 2.45) is 10.9 Å². The molecule has 1 aromatic carbocycles. The summed E-state index contributed by atoms with van der Waals surface area (Å²) in [5.74, 6) is 2.29. The van der Waals surface area contributed by atoms with Gasteiger partial charge in [-0.05, 0) is 37.5 Å². The Labute approximate surface area is 199 Å². The number of ether oxygens (including phenoxy) is 1. The van der Waals surface area contributed by atoms with Crippen molar-refractivity contribution < 1.29 is 13.2 Å². The predicted octanol–water partition coefficient (Wildman–Crippen LogP) is 3.70. The van der Waals surface area contributed by atoms with E-state index in [2.05, 4.69) is 50.1 Å². The summed E-state index contributed by atoms with van der Waals surface area (Å²) < 4.78 is 29.6. The molecule has 0 spiro atoms. The fourth-order valence-corrected chi connectivity index (χ4v) is 4.69. The second kappa shape index (κ2) is 10.5. The summed E-state index contributed by atoms with van der Waals surface area (Å²) >= 11 is 0. The number of nitrogens with zero attached hydrogens (tertiary/aromatic N) is 2. The Kier molecular flexibility index (Phi) is 9.47. The number of hydrogen-bond acceptors (Lipinski definition) is 4. The Morgan fingerprint density at radius 2 is 1.87 bits per heavy atom. The lowest BCUT2D eigenvalue weighted by Crippen LogP contribution is -2.58. The monoisotopic (exact) mass is 551 g/mol. The Morgan fingerprint density at radius 3 is 2.37 bits per heavy atom. The molecule has 1 fully saturated rings. The van der Waals surface area contributed by atoms with Crippen LogP contribution in [0.5, 0.6) is 5.75 Å². The normalized spacial score (nSPS) is 18.7. The lowest BCUT2D eigenvalue weighted by Gasteiger charge is -2.40. The van der Waals surface area contributed by atoms with Crippen LogP contribution in [0.25, 0.3) is 0 Å². The fraction of sp³-hybridized carbons (Fsp3) is 0.682. The smallest absolute Gasteiger partial charge is 0.193 e. The first-order chi connectivity index (χ1) is 13.4. The van der Waals surface area contributed by atoms with Crippen molar-refractivity contribution in [1.82, 2.24) is 10.2 Å². The molecule has 0 radical (unpaired) electrons. The van der Waals surface area contributed by atoms with Crippen LogP contribution in [0.2, 0.25) is 0 Å². The summed E-state index contributed by atoms with van der Waals surface area (Å²) in [5, 5.41) is 3.45. The van der Waals surface area contributed by atoms with Crippen LogP contribution in [0.3, 0.4) is 0 Å². The van der Waals surface area contributed by atoms with Gasteiger partial charge in [-0.2, -0.15) is 0 Å². The highest BCUT2D eigenvalue weighted by atomic mass is 127. The molecule has 8 heteroatoms. The van der Waals surface area contributed by atoms with E-state index in [-0.39, 0.29) is 35.1 Å². The summed E-state index contributed by atoms with van der Waals surface area (Å²) in [4.78, 5) is 6.43. The predicted molar refractivity (Wildman–Crippen MR) is 136 cm³/mol. The van der Waals surface area contributed by atoms with Gasteiger partial charge in [0.25, 0.3) is 0 Å². The Balaban J connectivity index is 0.00000450. The number of rotatable bonds is 6. The van der Waals surface area contributed by atoms with E-state index in [1.807, 2.05) is 17.0 Å². The van der Waals surface area contributed by atoms with E-state index in [4.69, 9.17) is 4.74 Å². The van der Waals surface area contributed by atoms with Crippen LogP contribution in [0.15, 0.2) is 29.3 Å². The molecule has 1 N–H and O–H groups in total. The van der Waals surface area contributed by atoms with E-state index in [0.717, 1.165) is 11.7 Å². The number of aliphatic imine (C=N–C) groups is 1. The van der Waals surface area contributed by atoms with Crippen molar-refractivity contribution >= 4 is 39.8 Å². The van der Waals surface area contributed by atoms with Gasteiger partial charge in [0.05, 0.1) is 17.1 Å². The van der Waals surface area contributed by atoms with E-state index in [0.29, 0.717) is 32.2 Å². The van der Waals surface area contributed by atoms with Crippen molar-refractivity contribution in [3.8, 4) is 5.75 Å². The molecule has 1 aliphatic heterocycles. The van der Waals surface area contributed by atoms with Gasteiger partial charge in [0, 0.05) is 32.1 Å². The van der Waals surface area contributed by atoms with Crippen LogP contribution in [-0.2, 0) is 15.3 Å². The van der Waals surface area contributed by atoms with Gasteiger partial charge in [0.2, 0.25) is 0 Å². The van der Waals surface area contributed by atoms with Crippen molar-refractivity contribution in [1.29, 1.82) is 0 Å². The third-order valence-electron chi connectivity index (χ3n) is 5.46. The number of nitrogens with one attached hydrogen (secondary N) is 1. The van der Waals surface area contributed by atoms with Crippen molar-refractivity contribution in [3.63, 3.8) is 0 Å². The molecule has 1 heterocycles. The summed E-state index contributed by atoms with van der Waals surface area (Å²) in [6.07, 6.45) is 0. The fourth-order valence-electron chi connectivity index (χ4n) is 3.32. The van der Waals surface area contributed by atoms with Gasteiger partial charge in [0.15, 0.2) is 15.8 Å². The molecule has 1 aromatic rings. The maximum Gasteiger partial charge on any atom is 0.193 e. The third-order valence-corrected chi connectivity index (χ3v) is 8.00. The van der Waals surface area contributed by atoms with E-state index in [1.165, 1.54) is 5.56 Å². The number of halogens is 1. The molecule has 0 amide bonds. The summed E-state index contributed by atoms with van der Waals surface area (Å²) in [5.41, 5.74) is 1.09. The zero-order valence-corrected chi connectivity index (χ0v) is 22.5. The second-order valence-electron chi connectivity index (χ2n) is 9.51. The molecule has 172 valence electrons. The number of sulfone groups is 1. The van der Waals surface area contributed by atoms with E-state index >= 15 is 0 Å². The molecule has 0 aliphatic carbocycles. The molecule has 1 saturated heterocycles. The maximum absolute atomic E-state index is 12.3. The van der Waals surface area contributed by atoms with E-state index < -0.39 is 14.6 Å². The molecule has 2 rings (SSSR count). The molecule has 1 aliphatic rings. The largest absolute Gasteiger partial charge is 0.493 e. The number of hydrogen-bond donors (Lipinski definition) is 1. The molecule has 0 aromatic heterocycles. The highest BCUT2D eigenvalue weighted by Crippen LogP contribution is 2.26. The molecular formula is C22H38IN3O3S. The van der Waals surface area contributed by atoms with Gasteiger partial charge >= 0.3 is 0 Å². The van der Waals surface area contributed by atoms with Crippen LogP contribution in [0.4, 0.5) is 0 Å². The minimum absolute atomic E-state index is 0. The summed E-state index contributed by atoms with van der Waals surface area (Å²) in [6.45, 7) is 14.5. The minimum Gasteiger partial charge on any atom is -0.493 e. The molecule has 30 heavy (non-hydrogen) atoms. The van der Waals surface area contributed by atoms with Gasteiger partial charge in [-0.25, -0.2) is 8.42 Å². The van der Waals surface area contributed by atoms with Crippen LogP contribution in [0, 0.1) is 5.92 Å². The lowest BCUT2D eigenvalue weighted by atomic mass is 9.84. The first-order valence-electron chi connectivity index (χ1n) is 10.3. The number of guanidine groups is 1. The number of benzene rings is 1. The zero-order valence-electron chi connectivity index (χ0n) is 19.4. The van der Waals surface area contributed by atoms with Crippen LogP contribution in [-0.4, -0.2) is 63.1 Å². The van der Waals surface area contributed by atoms with Gasteiger partial charge in [0.1, 0.15) is 5.75 Å². The van der Waals surface area contributed by atoms with Crippen LogP contribution < -0.4 is 10.1 Å². The lowest BCUT2D eigenvalue weighted by molar-refractivity contribution is 0.271. The SMILES string of the molecule is CN=C(NCC(C)(C)c1ccc(OCC(C)C)cc1)N1CCS(=O)(=O)C(C)(C)C1.I. The van der Waals surface area contributed by atoms with Gasteiger partial charge in [-0.3, -0.25) is 4.99 Å². The highest BCUT2D eigenvalue weighted by molar-refractivity contribution is 14.0. The molecular weight excluding hydrogens is 513 g/mol. The van der Waals surface area contributed by atoms with E-state index in [1.54, 1.807) is 20.9 Å². The van der Waals surface area contributed by atoms with Gasteiger partial charge < -0.3 is 15.0 Å². The van der Waals surface area contributed by atoms with Gasteiger partial charge in [-0.15, -0.1) is 24.0 Å². The Morgan fingerprint density at radius 1 is 1.27 bits per heavy atom. The quantitative estimate of drug-likeness (QED) is 0.332. The standard InChI is InChI=1S/C22H37N3O3S.HI/c1-17(2)14-28-19-10-8-18(9-11-19)21(3,4)15-24-20(23-7)25-12-13-29(26,27)22(5,6)16-25;/h8-11,17H,12-16H2,1-7H3,(H,23,24);1H. The molecule has 0 atom stereocenters. The summed E-state index contributed by atoms with van der Waals surface area (Å²) in [7, 11) is -1.33. The second-order valence-corrected chi connectivity index (χ2v) is 12.3. The highest BCUT2D eigenvalue weighted by Gasteiger charge is 2.41. The van der Waals surface area contributed by atoms with Crippen molar-refractivity contribution in [3.05, 3.63) is 29.8 Å². The first kappa shape index (κ1) is 27.0. The average molecular weight is 552 g/mol. The molecule has 6 nitrogen and oxygen atoms in total. The zero-order chi connectivity index (χ0) is 21.9. The van der Waals surface area contributed by atoms with Crippen molar-refractivity contribution in [2.45, 2.75) is 51.7 Å². The van der Waals surface area contributed by atoms with Crippen LogP contribution in [0.1, 0.15) is 47.1 Å². The molecule has 0 saturated carbocycles. The van der Waals surface area contributed by atoms with Crippen LogP contribution >= 0.6 is 24.0 Å². The maximum atomic E-state index is 12.3. The third kappa shape index (κ3) is 6.73. The van der Waals surface area contributed by atoms with Gasteiger partial charge in [-0.1, -0.05) is 39.8 Å². The Hall–Kier alpha value is -1.03. The molecule has 0 unspecified atom stereocenters. The summed E-state index contributed by atoms with van der Waals surface area (Å²) in [6, 6.07) is 8.26. The molecule has 0 bridgehead atoms. The van der Waals surface area contributed by atoms with E-state index in [9.17, 15) is 8.42 Å². The Bertz CT molecular complexity index is 819. The topological polar surface area (TPSA) is 71.0 Å².